The van der Waals surface area contributed by atoms with Crippen molar-refractivity contribution in [3.05, 3.63) is 0 Å². The number of carbonyl (C=O) groups excluding carboxylic acids is 1. The SMILES string of the molecule is CCOC(=O)N(C)CC(C)CN. The third-order valence-corrected chi connectivity index (χ3v) is 1.57. The Morgan fingerprint density at radius 1 is 1.67 bits per heavy atom. The van der Waals surface area contributed by atoms with E-state index in [4.69, 9.17) is 10.5 Å². The first-order valence-corrected chi connectivity index (χ1v) is 4.19. The van der Waals surface area contributed by atoms with Gasteiger partial charge in [0.15, 0.2) is 0 Å². The minimum atomic E-state index is -0.280. The number of ether oxygens (including phenoxy) is 1. The Hall–Kier alpha value is -0.770. The predicted octanol–water partition coefficient (Wildman–Crippen LogP) is 0.670. The second-order valence-corrected chi connectivity index (χ2v) is 2.92. The molecule has 0 aliphatic heterocycles. The van der Waals surface area contributed by atoms with Gasteiger partial charge in [0.25, 0.3) is 0 Å². The first-order chi connectivity index (χ1) is 5.61. The van der Waals surface area contributed by atoms with Gasteiger partial charge in [-0.15, -0.1) is 0 Å². The Labute approximate surface area is 73.7 Å². The van der Waals surface area contributed by atoms with E-state index in [1.165, 1.54) is 0 Å². The molecular formula is C8H18N2O2. The monoisotopic (exact) mass is 174 g/mol. The van der Waals surface area contributed by atoms with E-state index in [0.29, 0.717) is 25.6 Å². The van der Waals surface area contributed by atoms with Crippen molar-refractivity contribution >= 4 is 6.09 Å². The van der Waals surface area contributed by atoms with E-state index in [1.54, 1.807) is 18.9 Å². The molecule has 0 radical (unpaired) electrons. The second kappa shape index (κ2) is 5.83. The van der Waals surface area contributed by atoms with Crippen LogP contribution in [0.4, 0.5) is 4.79 Å². The maximum atomic E-state index is 11.1. The van der Waals surface area contributed by atoms with E-state index >= 15 is 0 Å². The number of carbonyl (C=O) groups is 1. The Morgan fingerprint density at radius 2 is 2.25 bits per heavy atom. The van der Waals surface area contributed by atoms with Crippen LogP contribution in [-0.4, -0.2) is 37.7 Å². The van der Waals surface area contributed by atoms with Gasteiger partial charge in [-0.1, -0.05) is 6.92 Å². The molecule has 1 amide bonds. The number of hydrogen-bond acceptors (Lipinski definition) is 3. The van der Waals surface area contributed by atoms with Gasteiger partial charge in [-0.25, -0.2) is 4.79 Å². The van der Waals surface area contributed by atoms with Crippen LogP contribution in [0.15, 0.2) is 0 Å². The van der Waals surface area contributed by atoms with Gasteiger partial charge in [0.1, 0.15) is 0 Å². The van der Waals surface area contributed by atoms with Crippen LogP contribution < -0.4 is 5.73 Å². The minimum absolute atomic E-state index is 0.280. The highest BCUT2D eigenvalue weighted by atomic mass is 16.5. The summed E-state index contributed by atoms with van der Waals surface area (Å²) in [4.78, 5) is 12.6. The van der Waals surface area contributed by atoms with E-state index in [1.807, 2.05) is 6.92 Å². The molecule has 0 saturated carbocycles. The molecule has 0 spiro atoms. The molecule has 0 aromatic carbocycles. The summed E-state index contributed by atoms with van der Waals surface area (Å²) in [7, 11) is 1.71. The smallest absolute Gasteiger partial charge is 0.409 e. The average Bonchev–Trinajstić information content (AvgIpc) is 2.04. The molecule has 0 aromatic heterocycles. The second-order valence-electron chi connectivity index (χ2n) is 2.92. The van der Waals surface area contributed by atoms with Gasteiger partial charge in [-0.3, -0.25) is 0 Å². The standard InChI is InChI=1S/C8H18N2O2/c1-4-12-8(11)10(3)6-7(2)5-9/h7H,4-6,9H2,1-3H3. The molecule has 0 aliphatic rings. The fraction of sp³-hybridized carbons (Fsp3) is 0.875. The summed E-state index contributed by atoms with van der Waals surface area (Å²) in [5, 5.41) is 0. The molecule has 1 atom stereocenters. The lowest BCUT2D eigenvalue weighted by molar-refractivity contribution is 0.112. The summed E-state index contributed by atoms with van der Waals surface area (Å²) < 4.78 is 4.80. The lowest BCUT2D eigenvalue weighted by Crippen LogP contribution is -2.33. The van der Waals surface area contributed by atoms with E-state index in [0.717, 1.165) is 0 Å². The van der Waals surface area contributed by atoms with Crippen molar-refractivity contribution in [2.45, 2.75) is 13.8 Å². The quantitative estimate of drug-likeness (QED) is 0.681. The maximum absolute atomic E-state index is 11.1. The molecule has 4 nitrogen and oxygen atoms in total. The summed E-state index contributed by atoms with van der Waals surface area (Å²) >= 11 is 0. The third kappa shape index (κ3) is 4.18. The van der Waals surface area contributed by atoms with Crippen LogP contribution in [0.1, 0.15) is 13.8 Å². The zero-order valence-corrected chi connectivity index (χ0v) is 8.04. The van der Waals surface area contributed by atoms with Crippen LogP contribution in [0.2, 0.25) is 0 Å². The molecule has 4 heteroatoms. The molecule has 12 heavy (non-hydrogen) atoms. The van der Waals surface area contributed by atoms with Gasteiger partial charge >= 0.3 is 6.09 Å². The van der Waals surface area contributed by atoms with Crippen molar-refractivity contribution in [2.24, 2.45) is 11.7 Å². The molecule has 0 aromatic rings. The number of amides is 1. The summed E-state index contributed by atoms with van der Waals surface area (Å²) in [5.41, 5.74) is 5.42. The summed E-state index contributed by atoms with van der Waals surface area (Å²) in [6.45, 7) is 5.44. The molecule has 0 heterocycles. The van der Waals surface area contributed by atoms with Gasteiger partial charge in [0.05, 0.1) is 6.61 Å². The number of nitrogens with zero attached hydrogens (tertiary/aromatic N) is 1. The lowest BCUT2D eigenvalue weighted by Gasteiger charge is -2.19. The van der Waals surface area contributed by atoms with E-state index in [2.05, 4.69) is 0 Å². The Bertz CT molecular complexity index is 139. The predicted molar refractivity (Wildman–Crippen MR) is 47.9 cm³/mol. The molecule has 0 fully saturated rings. The molecule has 0 bridgehead atoms. The van der Waals surface area contributed by atoms with E-state index in [9.17, 15) is 4.79 Å². The zero-order valence-electron chi connectivity index (χ0n) is 8.04. The number of rotatable bonds is 4. The fourth-order valence-electron chi connectivity index (χ4n) is 0.850. The van der Waals surface area contributed by atoms with Crippen LogP contribution in [0.5, 0.6) is 0 Å². The molecule has 0 rings (SSSR count). The highest BCUT2D eigenvalue weighted by Crippen LogP contribution is 1.97. The fourth-order valence-corrected chi connectivity index (χ4v) is 0.850. The lowest BCUT2D eigenvalue weighted by atomic mass is 10.2. The first-order valence-electron chi connectivity index (χ1n) is 4.19. The van der Waals surface area contributed by atoms with Crippen LogP contribution in [0, 0.1) is 5.92 Å². The Balaban J connectivity index is 3.70. The third-order valence-electron chi connectivity index (χ3n) is 1.57. The van der Waals surface area contributed by atoms with Crippen molar-refractivity contribution in [3.63, 3.8) is 0 Å². The number of hydrogen-bond donors (Lipinski definition) is 1. The van der Waals surface area contributed by atoms with Gasteiger partial charge in [-0.05, 0) is 19.4 Å². The molecule has 1 unspecified atom stereocenters. The molecular weight excluding hydrogens is 156 g/mol. The van der Waals surface area contributed by atoms with Crippen molar-refractivity contribution in [3.8, 4) is 0 Å². The average molecular weight is 174 g/mol. The van der Waals surface area contributed by atoms with Crippen LogP contribution >= 0.6 is 0 Å². The Kier molecular flexibility index (Phi) is 5.45. The van der Waals surface area contributed by atoms with Crippen molar-refractivity contribution in [1.82, 2.24) is 4.90 Å². The summed E-state index contributed by atoms with van der Waals surface area (Å²) in [5.74, 6) is 0.319. The zero-order chi connectivity index (χ0) is 9.56. The minimum Gasteiger partial charge on any atom is -0.450 e. The van der Waals surface area contributed by atoms with Crippen LogP contribution in [0.3, 0.4) is 0 Å². The topological polar surface area (TPSA) is 55.6 Å². The Morgan fingerprint density at radius 3 is 2.67 bits per heavy atom. The van der Waals surface area contributed by atoms with Crippen LogP contribution in [0.25, 0.3) is 0 Å². The highest BCUT2D eigenvalue weighted by Gasteiger charge is 2.11. The number of nitrogens with two attached hydrogens (primary N) is 1. The van der Waals surface area contributed by atoms with Crippen molar-refractivity contribution in [2.75, 3.05) is 26.7 Å². The summed E-state index contributed by atoms with van der Waals surface area (Å²) in [6.07, 6.45) is -0.280. The van der Waals surface area contributed by atoms with E-state index < -0.39 is 0 Å². The highest BCUT2D eigenvalue weighted by molar-refractivity contribution is 5.67. The molecule has 0 aliphatic carbocycles. The summed E-state index contributed by atoms with van der Waals surface area (Å²) in [6, 6.07) is 0. The van der Waals surface area contributed by atoms with Gasteiger partial charge in [0, 0.05) is 13.6 Å². The van der Waals surface area contributed by atoms with Crippen molar-refractivity contribution in [1.29, 1.82) is 0 Å². The van der Waals surface area contributed by atoms with Gasteiger partial charge in [-0.2, -0.15) is 0 Å². The van der Waals surface area contributed by atoms with Crippen molar-refractivity contribution < 1.29 is 9.53 Å². The largest absolute Gasteiger partial charge is 0.450 e. The molecule has 2 N–H and O–H groups in total. The molecule has 72 valence electrons. The maximum Gasteiger partial charge on any atom is 0.409 e. The van der Waals surface area contributed by atoms with Crippen LogP contribution in [-0.2, 0) is 4.74 Å². The van der Waals surface area contributed by atoms with Gasteiger partial charge in [0.2, 0.25) is 0 Å². The normalized spacial score (nSPS) is 12.3. The first kappa shape index (κ1) is 11.2. The molecule has 0 saturated heterocycles. The van der Waals surface area contributed by atoms with Gasteiger partial charge < -0.3 is 15.4 Å². The van der Waals surface area contributed by atoms with E-state index in [-0.39, 0.29) is 6.09 Å².